The second kappa shape index (κ2) is 9.86. The Labute approximate surface area is 136 Å². The minimum absolute atomic E-state index is 0.0217. The third-order valence-electron chi connectivity index (χ3n) is 5.02. The van der Waals surface area contributed by atoms with Crippen LogP contribution < -0.4 is 0 Å². The molecule has 0 aliphatic carbocycles. The first kappa shape index (κ1) is 19.9. The predicted octanol–water partition coefficient (Wildman–Crippen LogP) is 4.60. The summed E-state index contributed by atoms with van der Waals surface area (Å²) < 4.78 is 5.68. The fourth-order valence-electron chi connectivity index (χ4n) is 3.45. The maximum Gasteiger partial charge on any atom is 0.206 e. The van der Waals surface area contributed by atoms with E-state index in [0.29, 0.717) is 0 Å². The molecule has 4 nitrogen and oxygen atoms in total. The molecule has 0 amide bonds. The Balaban J connectivity index is 2.85. The molecular weight excluding hydrogens is 280 g/mol. The van der Waals surface area contributed by atoms with E-state index in [1.54, 1.807) is 7.11 Å². The lowest BCUT2D eigenvalue weighted by Gasteiger charge is -2.49. The van der Waals surface area contributed by atoms with E-state index in [9.17, 15) is 5.11 Å². The Morgan fingerprint density at radius 3 is 1.95 bits per heavy atom. The summed E-state index contributed by atoms with van der Waals surface area (Å²) in [4.78, 5) is 11.8. The van der Waals surface area contributed by atoms with Crippen molar-refractivity contribution in [1.29, 1.82) is 0 Å². The van der Waals surface area contributed by atoms with Gasteiger partial charge in [0.25, 0.3) is 0 Å². The fourth-order valence-corrected chi connectivity index (χ4v) is 3.45. The van der Waals surface area contributed by atoms with E-state index in [1.807, 2.05) is 0 Å². The average molecular weight is 316 g/mol. The van der Waals surface area contributed by atoms with Crippen LogP contribution in [0.4, 0.5) is 0 Å². The van der Waals surface area contributed by atoms with Crippen molar-refractivity contribution >= 4 is 0 Å². The lowest BCUT2D eigenvalue weighted by molar-refractivity contribution is -0.508. The predicted molar refractivity (Wildman–Crippen MR) is 88.4 cm³/mol. The van der Waals surface area contributed by atoms with Gasteiger partial charge in [-0.15, -0.1) is 0 Å². The molecule has 0 radical (unpaired) electrons. The Kier molecular flexibility index (Phi) is 8.91. The number of unbranched alkanes of at least 4 members (excludes halogenated alkanes) is 3. The second-order valence-corrected chi connectivity index (χ2v) is 6.76. The molecule has 1 saturated heterocycles. The molecule has 0 spiro atoms. The van der Waals surface area contributed by atoms with Crippen molar-refractivity contribution in [3.63, 3.8) is 0 Å². The molecule has 0 saturated carbocycles. The molecule has 4 heteroatoms. The van der Waals surface area contributed by atoms with Crippen LogP contribution in [0.2, 0.25) is 0 Å². The summed E-state index contributed by atoms with van der Waals surface area (Å²) in [6.45, 7) is 6.62. The van der Waals surface area contributed by atoms with Crippen molar-refractivity contribution < 1.29 is 19.6 Å². The molecule has 1 fully saturated rings. The Bertz CT molecular complexity index is 287. The highest BCUT2D eigenvalue weighted by Crippen LogP contribution is 2.45. The Morgan fingerprint density at radius 1 is 0.955 bits per heavy atom. The first-order valence-corrected chi connectivity index (χ1v) is 9.14. The van der Waals surface area contributed by atoms with E-state index in [0.717, 1.165) is 64.2 Å². The molecule has 0 aromatic heterocycles. The number of hydrogen-bond donors (Lipinski definition) is 1. The lowest BCUT2D eigenvalue weighted by Crippen LogP contribution is -2.55. The van der Waals surface area contributed by atoms with Gasteiger partial charge in [0.05, 0.1) is 6.61 Å². The first-order chi connectivity index (χ1) is 10.6. The van der Waals surface area contributed by atoms with Gasteiger partial charge in [0, 0.05) is 19.4 Å². The van der Waals surface area contributed by atoms with Gasteiger partial charge in [-0.1, -0.05) is 52.9 Å². The molecular formula is C18H36O4. The van der Waals surface area contributed by atoms with Crippen molar-refractivity contribution in [2.75, 3.05) is 13.7 Å². The van der Waals surface area contributed by atoms with Gasteiger partial charge < -0.3 is 9.84 Å². The average Bonchev–Trinajstić information content (AvgIpc) is 2.57. The Morgan fingerprint density at radius 2 is 1.50 bits per heavy atom. The van der Waals surface area contributed by atoms with E-state index in [-0.39, 0.29) is 18.1 Å². The molecule has 2 atom stereocenters. The summed E-state index contributed by atoms with van der Waals surface area (Å²) in [6.07, 6.45) is 10.2. The van der Waals surface area contributed by atoms with Gasteiger partial charge >= 0.3 is 0 Å². The number of methoxy groups -OCH3 is 1. The topological polar surface area (TPSA) is 47.9 Å². The van der Waals surface area contributed by atoms with Crippen molar-refractivity contribution in [2.45, 2.75) is 96.4 Å². The Hall–Kier alpha value is -0.160. The largest absolute Gasteiger partial charge is 0.396 e. The lowest BCUT2D eigenvalue weighted by atomic mass is 9.77. The molecule has 0 bridgehead atoms. The van der Waals surface area contributed by atoms with Crippen LogP contribution in [0.25, 0.3) is 0 Å². The summed E-state index contributed by atoms with van der Waals surface area (Å²) in [6, 6.07) is 0. The van der Waals surface area contributed by atoms with Gasteiger partial charge in [0.15, 0.2) is 0 Å². The van der Waals surface area contributed by atoms with E-state index in [1.165, 1.54) is 0 Å². The van der Waals surface area contributed by atoms with Crippen LogP contribution in [-0.2, 0) is 14.5 Å². The zero-order chi connectivity index (χ0) is 16.5. The zero-order valence-corrected chi connectivity index (χ0v) is 15.0. The fraction of sp³-hybridized carbons (Fsp3) is 1.00. The van der Waals surface area contributed by atoms with Crippen LogP contribution in [-0.4, -0.2) is 30.2 Å². The van der Waals surface area contributed by atoms with E-state index in [2.05, 4.69) is 20.8 Å². The van der Waals surface area contributed by atoms with E-state index < -0.39 is 5.79 Å². The summed E-state index contributed by atoms with van der Waals surface area (Å²) in [7, 11) is 1.66. The van der Waals surface area contributed by atoms with Gasteiger partial charge in [-0.3, -0.25) is 0 Å². The monoisotopic (exact) mass is 316 g/mol. The molecule has 1 aliphatic rings. The van der Waals surface area contributed by atoms with Gasteiger partial charge in [-0.25, -0.2) is 9.78 Å². The quantitative estimate of drug-likeness (QED) is 0.566. The van der Waals surface area contributed by atoms with Crippen LogP contribution in [0.3, 0.4) is 0 Å². The van der Waals surface area contributed by atoms with Crippen LogP contribution in [0.5, 0.6) is 0 Å². The maximum absolute atomic E-state index is 9.92. The SMILES string of the molecule is CCCCC1(CCCC)C[C@H](CO)[C@@](CCCC)(OC)OO1. The van der Waals surface area contributed by atoms with Crippen LogP contribution in [0.15, 0.2) is 0 Å². The van der Waals surface area contributed by atoms with Crippen molar-refractivity contribution in [1.82, 2.24) is 0 Å². The highest BCUT2D eigenvalue weighted by molar-refractivity contribution is 4.91. The third kappa shape index (κ3) is 4.92. The molecule has 22 heavy (non-hydrogen) atoms. The highest BCUT2D eigenvalue weighted by Gasteiger charge is 2.51. The molecule has 1 N–H and O–H groups in total. The number of aliphatic hydroxyl groups is 1. The van der Waals surface area contributed by atoms with Crippen molar-refractivity contribution in [3.8, 4) is 0 Å². The second-order valence-electron chi connectivity index (χ2n) is 6.76. The summed E-state index contributed by atoms with van der Waals surface area (Å²) in [5.41, 5.74) is -0.256. The highest BCUT2D eigenvalue weighted by atomic mass is 17.2. The number of hydrogen-bond acceptors (Lipinski definition) is 4. The third-order valence-corrected chi connectivity index (χ3v) is 5.02. The smallest absolute Gasteiger partial charge is 0.206 e. The number of ether oxygens (including phenoxy) is 1. The minimum atomic E-state index is -0.785. The van der Waals surface area contributed by atoms with Gasteiger partial charge in [0.1, 0.15) is 5.60 Å². The zero-order valence-electron chi connectivity index (χ0n) is 15.0. The van der Waals surface area contributed by atoms with Crippen molar-refractivity contribution in [2.24, 2.45) is 5.92 Å². The summed E-state index contributed by atoms with van der Waals surface area (Å²) >= 11 is 0. The molecule has 1 rings (SSSR count). The molecule has 132 valence electrons. The minimum Gasteiger partial charge on any atom is -0.396 e. The summed E-state index contributed by atoms with van der Waals surface area (Å²) in [5, 5.41) is 9.92. The number of aliphatic hydroxyl groups excluding tert-OH is 1. The van der Waals surface area contributed by atoms with Crippen LogP contribution in [0, 0.1) is 5.92 Å². The van der Waals surface area contributed by atoms with E-state index >= 15 is 0 Å². The normalized spacial score (nSPS) is 28.0. The molecule has 1 heterocycles. The summed E-state index contributed by atoms with van der Waals surface area (Å²) in [5.74, 6) is -0.807. The molecule has 0 unspecified atom stereocenters. The van der Waals surface area contributed by atoms with Crippen molar-refractivity contribution in [3.05, 3.63) is 0 Å². The number of rotatable bonds is 11. The van der Waals surface area contributed by atoms with E-state index in [4.69, 9.17) is 14.5 Å². The first-order valence-electron chi connectivity index (χ1n) is 9.14. The van der Waals surface area contributed by atoms with Gasteiger partial charge in [-0.05, 0) is 25.7 Å². The molecule has 0 aromatic carbocycles. The van der Waals surface area contributed by atoms with Gasteiger partial charge in [0.2, 0.25) is 5.79 Å². The molecule has 0 aromatic rings. The van der Waals surface area contributed by atoms with Gasteiger partial charge in [-0.2, -0.15) is 0 Å². The van der Waals surface area contributed by atoms with Crippen LogP contribution >= 0.6 is 0 Å². The standard InChI is InChI=1S/C18H36O4/c1-5-8-11-17(12-9-6-2)14-16(15-19)18(20-4,22-21-17)13-10-7-3/h16,19H,5-15H2,1-4H3/t16-,18+/m1/s1. The molecule has 1 aliphatic heterocycles. The maximum atomic E-state index is 9.92. The van der Waals surface area contributed by atoms with Crippen LogP contribution in [0.1, 0.15) is 85.0 Å².